The van der Waals surface area contributed by atoms with Gasteiger partial charge in [0.2, 0.25) is 0 Å². The van der Waals surface area contributed by atoms with Crippen molar-refractivity contribution < 1.29 is 14.7 Å². The van der Waals surface area contributed by atoms with Crippen LogP contribution in [-0.2, 0) is 11.3 Å². The SMILES string of the molecule is CNc1sc(-c2ccc3cc(CNC(C)(C)C(=O)O)ccc3c2)cc1C(N)=O. The first-order chi connectivity index (χ1) is 13.2. The molecule has 1 amide bonds. The third-order valence-electron chi connectivity index (χ3n) is 4.68. The van der Waals surface area contributed by atoms with E-state index in [9.17, 15) is 14.7 Å². The Balaban J connectivity index is 1.87. The van der Waals surface area contributed by atoms with Crippen LogP contribution in [0.5, 0.6) is 0 Å². The number of nitrogens with two attached hydrogens (primary N) is 1. The smallest absolute Gasteiger partial charge is 0.323 e. The number of aliphatic carboxylic acids is 1. The van der Waals surface area contributed by atoms with Crippen molar-refractivity contribution in [3.63, 3.8) is 0 Å². The topological polar surface area (TPSA) is 104 Å². The molecule has 0 saturated heterocycles. The Bertz CT molecular complexity index is 1060. The lowest BCUT2D eigenvalue weighted by atomic mass is 10.0. The molecule has 0 aliphatic carbocycles. The molecule has 0 saturated carbocycles. The van der Waals surface area contributed by atoms with Gasteiger partial charge in [0.15, 0.2) is 0 Å². The van der Waals surface area contributed by atoms with E-state index >= 15 is 0 Å². The first kappa shape index (κ1) is 19.9. The van der Waals surface area contributed by atoms with Gasteiger partial charge in [-0.1, -0.05) is 24.3 Å². The number of hydrogen-bond donors (Lipinski definition) is 4. The first-order valence-corrected chi connectivity index (χ1v) is 9.66. The van der Waals surface area contributed by atoms with E-state index in [1.165, 1.54) is 11.3 Å². The molecule has 1 aromatic heterocycles. The molecule has 3 aromatic rings. The molecule has 0 fully saturated rings. The number of fused-ring (bicyclic) bond motifs is 1. The Labute approximate surface area is 167 Å². The number of carboxylic acid groups (broad SMARTS) is 1. The lowest BCUT2D eigenvalue weighted by Crippen LogP contribution is -2.46. The summed E-state index contributed by atoms with van der Waals surface area (Å²) in [6.45, 7) is 3.75. The molecular formula is C21H23N3O3S. The lowest BCUT2D eigenvalue weighted by molar-refractivity contribution is -0.143. The molecule has 0 aliphatic rings. The average Bonchev–Trinajstić information content (AvgIpc) is 3.10. The van der Waals surface area contributed by atoms with Crippen LogP contribution in [0.2, 0.25) is 0 Å². The standard InChI is InChI=1S/C21H23N3O3S/c1-21(2,20(26)27)24-11-12-4-5-14-9-15(7-6-13(14)8-12)17-10-16(18(22)25)19(23-3)28-17/h4-10,23-24H,11H2,1-3H3,(H2,22,25)(H,26,27). The first-order valence-electron chi connectivity index (χ1n) is 8.84. The number of nitrogens with one attached hydrogen (secondary N) is 2. The van der Waals surface area contributed by atoms with Crippen molar-refractivity contribution in [3.8, 4) is 10.4 Å². The van der Waals surface area contributed by atoms with Gasteiger partial charge in [0.05, 0.1) is 5.56 Å². The molecule has 7 heteroatoms. The fourth-order valence-corrected chi connectivity index (χ4v) is 3.87. The van der Waals surface area contributed by atoms with Crippen LogP contribution in [-0.4, -0.2) is 29.6 Å². The highest BCUT2D eigenvalue weighted by Crippen LogP contribution is 2.36. The van der Waals surface area contributed by atoms with Crippen molar-refractivity contribution in [2.45, 2.75) is 25.9 Å². The van der Waals surface area contributed by atoms with E-state index in [4.69, 9.17) is 5.73 Å². The van der Waals surface area contributed by atoms with E-state index in [2.05, 4.69) is 16.7 Å². The number of carboxylic acids is 1. The predicted octanol–water partition coefficient (Wildman–Crippen LogP) is 3.66. The Morgan fingerprint density at radius 3 is 2.39 bits per heavy atom. The average molecular weight is 398 g/mol. The van der Waals surface area contributed by atoms with E-state index in [1.807, 2.05) is 36.4 Å². The summed E-state index contributed by atoms with van der Waals surface area (Å²) in [6.07, 6.45) is 0. The van der Waals surface area contributed by atoms with Gasteiger partial charge in [0, 0.05) is 18.5 Å². The van der Waals surface area contributed by atoms with Crippen LogP contribution < -0.4 is 16.4 Å². The maximum absolute atomic E-state index is 11.6. The number of amides is 1. The van der Waals surface area contributed by atoms with Crippen LogP contribution in [0.25, 0.3) is 21.2 Å². The Morgan fingerprint density at radius 2 is 1.79 bits per heavy atom. The van der Waals surface area contributed by atoms with Gasteiger partial charge >= 0.3 is 5.97 Å². The number of primary amides is 1. The van der Waals surface area contributed by atoms with Gasteiger partial charge in [-0.3, -0.25) is 14.9 Å². The normalized spacial score (nSPS) is 11.5. The van der Waals surface area contributed by atoms with Gasteiger partial charge in [-0.2, -0.15) is 0 Å². The fourth-order valence-electron chi connectivity index (χ4n) is 2.86. The van der Waals surface area contributed by atoms with Crippen molar-refractivity contribution in [3.05, 3.63) is 53.6 Å². The largest absolute Gasteiger partial charge is 0.480 e. The minimum Gasteiger partial charge on any atom is -0.480 e. The van der Waals surface area contributed by atoms with Crippen molar-refractivity contribution in [1.29, 1.82) is 0 Å². The van der Waals surface area contributed by atoms with Crippen molar-refractivity contribution >= 4 is 39.0 Å². The van der Waals surface area contributed by atoms with Crippen molar-refractivity contribution in [2.24, 2.45) is 5.73 Å². The molecule has 0 atom stereocenters. The van der Waals surface area contributed by atoms with E-state index < -0.39 is 17.4 Å². The Morgan fingerprint density at radius 1 is 1.11 bits per heavy atom. The van der Waals surface area contributed by atoms with Crippen LogP contribution in [0.15, 0.2) is 42.5 Å². The number of carbonyl (C=O) groups is 2. The second-order valence-corrected chi connectivity index (χ2v) is 8.20. The second-order valence-electron chi connectivity index (χ2n) is 7.15. The number of rotatable bonds is 7. The van der Waals surface area contributed by atoms with Crippen LogP contribution in [0.3, 0.4) is 0 Å². The summed E-state index contributed by atoms with van der Waals surface area (Å²) in [5.41, 5.74) is 6.98. The van der Waals surface area contributed by atoms with E-state index in [0.717, 1.165) is 31.8 Å². The minimum absolute atomic E-state index is 0.450. The van der Waals surface area contributed by atoms with Gasteiger partial charge in [-0.25, -0.2) is 0 Å². The van der Waals surface area contributed by atoms with Gasteiger partial charge in [0.1, 0.15) is 10.5 Å². The number of hydrogen-bond acceptors (Lipinski definition) is 5. The predicted molar refractivity (Wildman–Crippen MR) is 114 cm³/mol. The lowest BCUT2D eigenvalue weighted by Gasteiger charge is -2.21. The van der Waals surface area contributed by atoms with Gasteiger partial charge in [-0.15, -0.1) is 11.3 Å². The minimum atomic E-state index is -0.985. The highest BCUT2D eigenvalue weighted by molar-refractivity contribution is 7.19. The number of benzene rings is 2. The maximum Gasteiger partial charge on any atom is 0.323 e. The molecule has 2 aromatic carbocycles. The van der Waals surface area contributed by atoms with E-state index in [1.54, 1.807) is 20.9 Å². The molecule has 6 nitrogen and oxygen atoms in total. The quantitative estimate of drug-likeness (QED) is 0.487. The van der Waals surface area contributed by atoms with Crippen molar-refractivity contribution in [1.82, 2.24) is 5.32 Å². The summed E-state index contributed by atoms with van der Waals surface area (Å²) in [7, 11) is 1.77. The van der Waals surface area contributed by atoms with Gasteiger partial charge in [0.25, 0.3) is 5.91 Å². The molecule has 0 aliphatic heterocycles. The molecule has 0 spiro atoms. The summed E-state index contributed by atoms with van der Waals surface area (Å²) in [6, 6.07) is 14.0. The Kier molecular flexibility index (Phi) is 5.40. The second kappa shape index (κ2) is 7.61. The number of carbonyl (C=O) groups excluding carboxylic acids is 1. The number of thiophene rings is 1. The third kappa shape index (κ3) is 4.00. The van der Waals surface area contributed by atoms with Crippen LogP contribution in [0.4, 0.5) is 5.00 Å². The summed E-state index contributed by atoms with van der Waals surface area (Å²) in [4.78, 5) is 23.8. The Hall–Kier alpha value is -2.90. The third-order valence-corrected chi connectivity index (χ3v) is 5.88. The molecule has 28 heavy (non-hydrogen) atoms. The van der Waals surface area contributed by atoms with E-state index in [0.29, 0.717) is 12.1 Å². The van der Waals surface area contributed by atoms with E-state index in [-0.39, 0.29) is 0 Å². The highest BCUT2D eigenvalue weighted by Gasteiger charge is 2.25. The summed E-state index contributed by atoms with van der Waals surface area (Å²) < 4.78 is 0. The zero-order valence-electron chi connectivity index (χ0n) is 16.0. The zero-order valence-corrected chi connectivity index (χ0v) is 16.8. The zero-order chi connectivity index (χ0) is 20.5. The van der Waals surface area contributed by atoms with Gasteiger partial charge in [-0.05, 0) is 53.9 Å². The van der Waals surface area contributed by atoms with Gasteiger partial charge < -0.3 is 16.2 Å². The van der Waals surface area contributed by atoms with Crippen LogP contribution in [0, 0.1) is 0 Å². The molecule has 0 bridgehead atoms. The molecule has 5 N–H and O–H groups in total. The van der Waals surface area contributed by atoms with Crippen LogP contribution >= 0.6 is 11.3 Å². The summed E-state index contributed by atoms with van der Waals surface area (Å²) in [5.74, 6) is -1.33. The molecule has 1 heterocycles. The maximum atomic E-state index is 11.6. The monoisotopic (exact) mass is 397 g/mol. The fraction of sp³-hybridized carbons (Fsp3) is 0.238. The number of anilines is 1. The molecule has 0 radical (unpaired) electrons. The van der Waals surface area contributed by atoms with Crippen molar-refractivity contribution in [2.75, 3.05) is 12.4 Å². The molecule has 3 rings (SSSR count). The van der Waals surface area contributed by atoms with Crippen LogP contribution in [0.1, 0.15) is 29.8 Å². The molecule has 146 valence electrons. The summed E-state index contributed by atoms with van der Waals surface area (Å²) >= 11 is 1.49. The highest BCUT2D eigenvalue weighted by atomic mass is 32.1. The molecular weight excluding hydrogens is 374 g/mol. The summed E-state index contributed by atoms with van der Waals surface area (Å²) in [5, 5.41) is 18.2. The molecule has 0 unspecified atom stereocenters.